The molecule has 2 nitrogen and oxygen atoms in total. The average Bonchev–Trinajstić information content (AvgIpc) is 2.29. The van der Waals surface area contributed by atoms with E-state index in [2.05, 4.69) is 11.2 Å². The van der Waals surface area contributed by atoms with Crippen molar-refractivity contribution in [3.05, 3.63) is 47.5 Å². The van der Waals surface area contributed by atoms with E-state index >= 15 is 0 Å². The Kier molecular flexibility index (Phi) is 2.04. The lowest BCUT2D eigenvalue weighted by molar-refractivity contribution is -0.703. The highest BCUT2D eigenvalue weighted by molar-refractivity contribution is 6.31. The topological polar surface area (TPSA) is 16.8 Å². The van der Waals surface area contributed by atoms with E-state index in [0.717, 1.165) is 26.8 Å². The van der Waals surface area contributed by atoms with Crippen LogP contribution in [0.15, 0.2) is 42.5 Å². The van der Waals surface area contributed by atoms with Gasteiger partial charge in [-0.1, -0.05) is 34.5 Å². The molecule has 0 aliphatic heterocycles. The molecule has 0 unspecified atom stereocenters. The van der Waals surface area contributed by atoms with Gasteiger partial charge in [0.15, 0.2) is 7.05 Å². The number of hydrogen-bond acceptors (Lipinski definition) is 1. The van der Waals surface area contributed by atoms with Crippen LogP contribution in [0, 0.1) is 0 Å². The Hall–Kier alpha value is -1.67. The fourth-order valence-electron chi connectivity index (χ4n) is 2.01. The van der Waals surface area contributed by atoms with E-state index in [1.165, 1.54) is 0 Å². The summed E-state index contributed by atoms with van der Waals surface area (Å²) in [7, 11) is 1.95. The van der Waals surface area contributed by atoms with Crippen molar-refractivity contribution in [1.29, 1.82) is 0 Å². The molecule has 0 saturated carbocycles. The molecule has 3 heteroatoms. The van der Waals surface area contributed by atoms with E-state index in [-0.39, 0.29) is 0 Å². The molecule has 1 heterocycles. The van der Waals surface area contributed by atoms with Crippen LogP contribution in [0.1, 0.15) is 0 Å². The fourth-order valence-corrected chi connectivity index (χ4v) is 2.18. The highest BCUT2D eigenvalue weighted by atomic mass is 35.5. The van der Waals surface area contributed by atoms with Crippen LogP contribution in [0.3, 0.4) is 0 Å². The Balaban J connectivity index is 2.61. The zero-order valence-corrected chi connectivity index (χ0v) is 9.57. The maximum absolute atomic E-state index is 6.04. The molecule has 0 N–H and O–H groups in total. The third-order valence-electron chi connectivity index (χ3n) is 2.76. The summed E-state index contributed by atoms with van der Waals surface area (Å²) in [6, 6.07) is 14.0. The molecule has 0 bridgehead atoms. The molecule has 1 aromatic heterocycles. The van der Waals surface area contributed by atoms with Crippen molar-refractivity contribution in [3.63, 3.8) is 0 Å². The quantitative estimate of drug-likeness (QED) is 0.428. The van der Waals surface area contributed by atoms with Gasteiger partial charge >= 0.3 is 0 Å². The molecule has 0 aliphatic carbocycles. The standard InChI is InChI=1S/C13H10ClN2/c1-16-13-7-6-9(14)8-11(13)10-4-2-3-5-12(10)15-16/h2-8H,1H3/q+1. The first-order valence-electron chi connectivity index (χ1n) is 5.10. The van der Waals surface area contributed by atoms with E-state index < -0.39 is 0 Å². The van der Waals surface area contributed by atoms with Crippen molar-refractivity contribution in [2.24, 2.45) is 7.05 Å². The van der Waals surface area contributed by atoms with Crippen LogP contribution in [0.2, 0.25) is 5.02 Å². The second-order valence-corrected chi connectivity index (χ2v) is 4.24. The summed E-state index contributed by atoms with van der Waals surface area (Å²) in [6.45, 7) is 0. The molecule has 0 amide bonds. The van der Waals surface area contributed by atoms with Gasteiger partial charge in [-0.05, 0) is 18.2 Å². The van der Waals surface area contributed by atoms with E-state index in [4.69, 9.17) is 11.6 Å². The molecule has 0 fully saturated rings. The van der Waals surface area contributed by atoms with Gasteiger partial charge in [0.25, 0.3) is 0 Å². The van der Waals surface area contributed by atoms with Crippen molar-refractivity contribution in [3.8, 4) is 0 Å². The number of hydrogen-bond donors (Lipinski definition) is 0. The van der Waals surface area contributed by atoms with Crippen LogP contribution >= 0.6 is 11.6 Å². The number of aromatic nitrogens is 2. The van der Waals surface area contributed by atoms with E-state index in [0.29, 0.717) is 0 Å². The van der Waals surface area contributed by atoms with Gasteiger partial charge in [0.2, 0.25) is 5.52 Å². The first kappa shape index (κ1) is 9.55. The monoisotopic (exact) mass is 229 g/mol. The van der Waals surface area contributed by atoms with Crippen molar-refractivity contribution in [1.82, 2.24) is 5.10 Å². The summed E-state index contributed by atoms with van der Waals surface area (Å²) in [6.07, 6.45) is 0. The normalized spacial score (nSPS) is 11.1. The Morgan fingerprint density at radius 1 is 1.06 bits per heavy atom. The Morgan fingerprint density at radius 3 is 2.75 bits per heavy atom. The number of benzene rings is 2. The maximum atomic E-state index is 6.04. The SMILES string of the molecule is C[n+]1nc2ccccc2c2cc(Cl)ccc21. The van der Waals surface area contributed by atoms with Crippen molar-refractivity contribution < 1.29 is 4.68 Å². The Bertz CT molecular complexity index is 692. The largest absolute Gasteiger partial charge is 0.239 e. The Labute approximate surface area is 98.1 Å². The van der Waals surface area contributed by atoms with Crippen molar-refractivity contribution in [2.45, 2.75) is 0 Å². The second-order valence-electron chi connectivity index (χ2n) is 3.80. The van der Waals surface area contributed by atoms with Gasteiger partial charge in [-0.25, -0.2) is 0 Å². The Morgan fingerprint density at radius 2 is 1.88 bits per heavy atom. The molecule has 78 valence electrons. The zero-order valence-electron chi connectivity index (χ0n) is 8.81. The van der Waals surface area contributed by atoms with E-state index in [1.54, 1.807) is 0 Å². The first-order valence-corrected chi connectivity index (χ1v) is 5.48. The number of fused-ring (bicyclic) bond motifs is 3. The van der Waals surface area contributed by atoms with Gasteiger partial charge in [0.05, 0.1) is 5.39 Å². The molecule has 0 spiro atoms. The molecule has 0 saturated heterocycles. The summed E-state index contributed by atoms with van der Waals surface area (Å²) in [5, 5.41) is 7.54. The molecule has 3 aromatic rings. The third-order valence-corrected chi connectivity index (χ3v) is 2.99. The predicted molar refractivity (Wildman–Crippen MR) is 65.4 cm³/mol. The molecule has 0 radical (unpaired) electrons. The number of rotatable bonds is 0. The minimum atomic E-state index is 0.754. The van der Waals surface area contributed by atoms with Crippen LogP contribution in [0.25, 0.3) is 21.8 Å². The van der Waals surface area contributed by atoms with Crippen LogP contribution in [-0.4, -0.2) is 5.10 Å². The van der Waals surface area contributed by atoms with Crippen molar-refractivity contribution in [2.75, 3.05) is 0 Å². The molecular formula is C13H10ClN2+. The fraction of sp³-hybridized carbons (Fsp3) is 0.0769. The molecule has 2 aromatic carbocycles. The molecular weight excluding hydrogens is 220 g/mol. The summed E-state index contributed by atoms with van der Waals surface area (Å²) < 4.78 is 1.88. The maximum Gasteiger partial charge on any atom is 0.239 e. The molecule has 16 heavy (non-hydrogen) atoms. The summed E-state index contributed by atoms with van der Waals surface area (Å²) in [5.74, 6) is 0. The number of halogens is 1. The highest BCUT2D eigenvalue weighted by Gasteiger charge is 2.11. The van der Waals surface area contributed by atoms with E-state index in [9.17, 15) is 0 Å². The average molecular weight is 230 g/mol. The lowest BCUT2D eigenvalue weighted by atomic mass is 10.1. The van der Waals surface area contributed by atoms with Crippen LogP contribution in [-0.2, 0) is 7.05 Å². The van der Waals surface area contributed by atoms with Gasteiger partial charge in [0.1, 0.15) is 5.52 Å². The first-order chi connectivity index (χ1) is 7.75. The summed E-state index contributed by atoms with van der Waals surface area (Å²) in [4.78, 5) is 0. The minimum Gasteiger partial charge on any atom is -0.0858 e. The number of nitrogens with zero attached hydrogens (tertiary/aromatic N) is 2. The lowest BCUT2D eigenvalue weighted by Gasteiger charge is -2.00. The predicted octanol–water partition coefficient (Wildman–Crippen LogP) is 2.87. The van der Waals surface area contributed by atoms with Gasteiger partial charge in [-0.3, -0.25) is 0 Å². The molecule has 3 rings (SSSR count). The second kappa shape index (κ2) is 3.42. The summed E-state index contributed by atoms with van der Waals surface area (Å²) >= 11 is 6.04. The van der Waals surface area contributed by atoms with Gasteiger partial charge < -0.3 is 0 Å². The number of aryl methyl sites for hydroxylation is 1. The van der Waals surface area contributed by atoms with Crippen LogP contribution < -0.4 is 4.68 Å². The van der Waals surface area contributed by atoms with Crippen LogP contribution in [0.5, 0.6) is 0 Å². The minimum absolute atomic E-state index is 0.754. The van der Waals surface area contributed by atoms with E-state index in [1.807, 2.05) is 48.1 Å². The van der Waals surface area contributed by atoms with Gasteiger partial charge in [-0.2, -0.15) is 0 Å². The zero-order chi connectivity index (χ0) is 11.1. The summed E-state index contributed by atoms with van der Waals surface area (Å²) in [5.41, 5.74) is 2.07. The lowest BCUT2D eigenvalue weighted by Crippen LogP contribution is -2.33. The van der Waals surface area contributed by atoms with Crippen LogP contribution in [0.4, 0.5) is 0 Å². The highest BCUT2D eigenvalue weighted by Crippen LogP contribution is 2.23. The van der Waals surface area contributed by atoms with Crippen molar-refractivity contribution >= 4 is 33.4 Å². The van der Waals surface area contributed by atoms with Gasteiger partial charge in [-0.15, -0.1) is 0 Å². The van der Waals surface area contributed by atoms with Gasteiger partial charge in [0, 0.05) is 21.6 Å². The molecule has 0 atom stereocenters. The molecule has 0 aliphatic rings. The smallest absolute Gasteiger partial charge is 0.0858 e. The third kappa shape index (κ3) is 1.34.